The largest absolute Gasteiger partial charge is 0.383 e. The van der Waals surface area contributed by atoms with Gasteiger partial charge in [0.1, 0.15) is 18.3 Å². The maximum absolute atomic E-state index is 11.4. The molecule has 0 unspecified atom stereocenters. The molecule has 1 amide bonds. The van der Waals surface area contributed by atoms with Crippen LogP contribution in [-0.4, -0.2) is 32.4 Å². The smallest absolute Gasteiger partial charge is 0.239 e. The van der Waals surface area contributed by atoms with Crippen LogP contribution in [0.5, 0.6) is 0 Å². The Balaban J connectivity index is 1.88. The van der Waals surface area contributed by atoms with Crippen LogP contribution in [0.3, 0.4) is 0 Å². The Morgan fingerprint density at radius 3 is 2.63 bits per heavy atom. The van der Waals surface area contributed by atoms with Crippen LogP contribution in [0.25, 0.3) is 10.9 Å². The third-order valence-electron chi connectivity index (χ3n) is 5.70. The number of amides is 1. The summed E-state index contributed by atoms with van der Waals surface area (Å²) in [4.78, 5) is 16.0. The number of nitrogens with zero attached hydrogens (tertiary/aromatic N) is 6. The maximum Gasteiger partial charge on any atom is 0.239 e. The molecule has 0 aliphatic carbocycles. The SMILES string of the molecule is CC(C)(C)CNc1c(C#N)cnc2c(N[C@H](c3cn(CC(N)=O)nn3)c3ccccc3Cl)cc(C#N)cc12. The van der Waals surface area contributed by atoms with Gasteiger partial charge in [-0.3, -0.25) is 9.78 Å². The highest BCUT2D eigenvalue weighted by Gasteiger charge is 2.23. The number of fused-ring (bicyclic) bond motifs is 1. The van der Waals surface area contributed by atoms with Crippen LogP contribution in [0.15, 0.2) is 48.8 Å². The molecule has 4 N–H and O–H groups in total. The predicted octanol–water partition coefficient (Wildman–Crippen LogP) is 4.37. The van der Waals surface area contributed by atoms with Crippen molar-refractivity contribution in [3.05, 3.63) is 76.2 Å². The first-order chi connectivity index (χ1) is 18.1. The fourth-order valence-corrected chi connectivity index (χ4v) is 4.21. The highest BCUT2D eigenvalue weighted by molar-refractivity contribution is 6.31. The molecule has 4 rings (SSSR count). The minimum atomic E-state index is -0.606. The second-order valence-corrected chi connectivity index (χ2v) is 10.4. The quantitative estimate of drug-likeness (QED) is 0.304. The van der Waals surface area contributed by atoms with E-state index in [0.29, 0.717) is 56.2 Å². The molecule has 0 aliphatic rings. The molecule has 38 heavy (non-hydrogen) atoms. The summed E-state index contributed by atoms with van der Waals surface area (Å²) in [6.45, 7) is 6.73. The van der Waals surface area contributed by atoms with Crippen LogP contribution >= 0.6 is 11.6 Å². The van der Waals surface area contributed by atoms with E-state index in [0.717, 1.165) is 0 Å². The van der Waals surface area contributed by atoms with Gasteiger partial charge in [0.05, 0.1) is 46.3 Å². The number of hydrogen-bond donors (Lipinski definition) is 3. The summed E-state index contributed by atoms with van der Waals surface area (Å²) >= 11 is 6.57. The molecule has 1 atom stereocenters. The number of nitrogens with one attached hydrogen (secondary N) is 2. The van der Waals surface area contributed by atoms with E-state index in [-0.39, 0.29) is 12.0 Å². The average Bonchev–Trinajstić information content (AvgIpc) is 3.32. The zero-order valence-electron chi connectivity index (χ0n) is 21.2. The Morgan fingerprint density at radius 2 is 1.97 bits per heavy atom. The van der Waals surface area contributed by atoms with Gasteiger partial charge in [0.2, 0.25) is 5.91 Å². The van der Waals surface area contributed by atoms with Crippen LogP contribution in [0, 0.1) is 28.1 Å². The molecule has 11 heteroatoms. The summed E-state index contributed by atoms with van der Waals surface area (Å²) in [6.07, 6.45) is 3.12. The predicted molar refractivity (Wildman–Crippen MR) is 145 cm³/mol. The van der Waals surface area contributed by atoms with Crippen LogP contribution in [-0.2, 0) is 11.3 Å². The number of halogens is 1. The van der Waals surface area contributed by atoms with Crippen molar-refractivity contribution in [2.45, 2.75) is 33.4 Å². The van der Waals surface area contributed by atoms with Gasteiger partial charge in [0.25, 0.3) is 0 Å². The normalized spacial score (nSPS) is 11.9. The lowest BCUT2D eigenvalue weighted by Gasteiger charge is -2.23. The fraction of sp³-hybridized carbons (Fsp3) is 0.259. The molecule has 0 fully saturated rings. The van der Waals surface area contributed by atoms with Gasteiger partial charge in [-0.1, -0.05) is 55.8 Å². The van der Waals surface area contributed by atoms with Gasteiger partial charge in [-0.2, -0.15) is 10.5 Å². The number of nitriles is 2. The molecule has 0 radical (unpaired) electrons. The van der Waals surface area contributed by atoms with E-state index in [1.54, 1.807) is 24.4 Å². The van der Waals surface area contributed by atoms with Crippen molar-refractivity contribution in [3.8, 4) is 12.1 Å². The first-order valence-electron chi connectivity index (χ1n) is 11.8. The first-order valence-corrected chi connectivity index (χ1v) is 12.2. The number of carbonyl (C=O) groups is 1. The molecule has 2 heterocycles. The van der Waals surface area contributed by atoms with E-state index in [4.69, 9.17) is 17.3 Å². The van der Waals surface area contributed by atoms with Crippen molar-refractivity contribution < 1.29 is 4.79 Å². The molecule has 0 saturated carbocycles. The lowest BCUT2D eigenvalue weighted by Crippen LogP contribution is -2.20. The van der Waals surface area contributed by atoms with Crippen LogP contribution in [0.4, 0.5) is 11.4 Å². The van der Waals surface area contributed by atoms with E-state index in [1.807, 2.05) is 18.2 Å². The molecule has 0 bridgehead atoms. The van der Waals surface area contributed by atoms with Gasteiger partial charge in [-0.05, 0) is 29.2 Å². The lowest BCUT2D eigenvalue weighted by atomic mass is 9.96. The van der Waals surface area contributed by atoms with Gasteiger partial charge in [0, 0.05) is 23.2 Å². The minimum absolute atomic E-state index is 0.0534. The molecule has 2 aromatic heterocycles. The third-order valence-corrected chi connectivity index (χ3v) is 6.05. The number of rotatable bonds is 8. The molecule has 2 aromatic carbocycles. The van der Waals surface area contributed by atoms with E-state index in [2.05, 4.69) is 58.8 Å². The van der Waals surface area contributed by atoms with Crippen molar-refractivity contribution in [1.82, 2.24) is 20.0 Å². The van der Waals surface area contributed by atoms with Crippen LogP contribution < -0.4 is 16.4 Å². The van der Waals surface area contributed by atoms with E-state index < -0.39 is 11.9 Å². The van der Waals surface area contributed by atoms with E-state index >= 15 is 0 Å². The molecule has 0 aliphatic heterocycles. The molecule has 0 spiro atoms. The Hall–Kier alpha value is -4.67. The number of hydrogen-bond acceptors (Lipinski definition) is 8. The number of benzene rings is 2. The standard InChI is InChI=1S/C27H26ClN9O/c1-27(2,3)15-33-24-17(11-30)12-32-25-19(24)8-16(10-29)9-21(25)34-26(18-6-4-5-7-20(18)28)22-13-37(36-35-22)14-23(31)38/h4-9,12-13,26,34H,14-15H2,1-3H3,(H2,31,38)(H,32,33)/t26-/m0/s1. The van der Waals surface area contributed by atoms with Gasteiger partial charge >= 0.3 is 0 Å². The average molecular weight is 528 g/mol. The van der Waals surface area contributed by atoms with Crippen molar-refractivity contribution >= 4 is 39.8 Å². The Labute approximate surface area is 225 Å². The van der Waals surface area contributed by atoms with E-state index in [9.17, 15) is 15.3 Å². The van der Waals surface area contributed by atoms with Crippen molar-refractivity contribution in [2.75, 3.05) is 17.2 Å². The minimum Gasteiger partial charge on any atom is -0.383 e. The first kappa shape index (κ1) is 26.4. The van der Waals surface area contributed by atoms with Gasteiger partial charge in [0.15, 0.2) is 0 Å². The molecule has 0 saturated heterocycles. The number of aromatic nitrogens is 4. The molecular formula is C27H26ClN9O. The van der Waals surface area contributed by atoms with Gasteiger partial charge < -0.3 is 16.4 Å². The zero-order chi connectivity index (χ0) is 27.4. The highest BCUT2D eigenvalue weighted by atomic mass is 35.5. The summed E-state index contributed by atoms with van der Waals surface area (Å²) in [7, 11) is 0. The summed E-state index contributed by atoms with van der Waals surface area (Å²) in [6, 6.07) is 14.5. The van der Waals surface area contributed by atoms with Gasteiger partial charge in [-0.15, -0.1) is 5.10 Å². The second-order valence-electron chi connectivity index (χ2n) is 10.0. The number of anilines is 2. The van der Waals surface area contributed by atoms with Crippen LogP contribution in [0.2, 0.25) is 5.02 Å². The fourth-order valence-electron chi connectivity index (χ4n) is 3.96. The summed E-state index contributed by atoms with van der Waals surface area (Å²) in [5.74, 6) is -0.552. The monoisotopic (exact) mass is 527 g/mol. The molecular weight excluding hydrogens is 502 g/mol. The lowest BCUT2D eigenvalue weighted by molar-refractivity contribution is -0.118. The van der Waals surface area contributed by atoms with Gasteiger partial charge in [-0.25, -0.2) is 4.68 Å². The molecule has 10 nitrogen and oxygen atoms in total. The summed E-state index contributed by atoms with van der Waals surface area (Å²) in [5, 5.41) is 35.8. The van der Waals surface area contributed by atoms with Crippen molar-refractivity contribution in [2.24, 2.45) is 11.1 Å². The third kappa shape index (κ3) is 5.83. The second kappa shape index (κ2) is 10.8. The number of pyridine rings is 1. The summed E-state index contributed by atoms with van der Waals surface area (Å²) in [5.41, 5.74) is 8.91. The topological polar surface area (TPSA) is 158 Å². The van der Waals surface area contributed by atoms with Crippen molar-refractivity contribution in [3.63, 3.8) is 0 Å². The number of primary amides is 1. The maximum atomic E-state index is 11.4. The molecule has 4 aromatic rings. The Kier molecular flexibility index (Phi) is 7.47. The Bertz CT molecular complexity index is 1590. The zero-order valence-corrected chi connectivity index (χ0v) is 21.9. The van der Waals surface area contributed by atoms with E-state index in [1.165, 1.54) is 10.9 Å². The van der Waals surface area contributed by atoms with Crippen LogP contribution in [0.1, 0.15) is 49.2 Å². The number of carbonyl (C=O) groups excluding carboxylic acids is 1. The Morgan fingerprint density at radius 1 is 1.21 bits per heavy atom. The number of nitrogens with two attached hydrogens (primary N) is 1. The highest BCUT2D eigenvalue weighted by Crippen LogP contribution is 2.36. The summed E-state index contributed by atoms with van der Waals surface area (Å²) < 4.78 is 1.35. The van der Waals surface area contributed by atoms with Crippen molar-refractivity contribution in [1.29, 1.82) is 10.5 Å². The molecule has 192 valence electrons.